The SMILES string of the molecule is Cc1cccnc1N(C(=O)c1ccc(-c2cnn(C)c2-c2nnnn2[C@@H](C)OC(=O)O)cc1)[C@@H]1CCCNC1. The third kappa shape index (κ3) is 5.21. The number of aromatic nitrogens is 7. The number of carbonyl (C=O) groups is 2. The van der Waals surface area contributed by atoms with Gasteiger partial charge >= 0.3 is 6.16 Å². The topological polar surface area (TPSA) is 153 Å². The van der Waals surface area contributed by atoms with E-state index in [-0.39, 0.29) is 11.9 Å². The van der Waals surface area contributed by atoms with Gasteiger partial charge in [-0.3, -0.25) is 14.4 Å². The first kappa shape index (κ1) is 26.0. The standard InChI is InChI=1S/C26H29N9O4/c1-16-6-4-13-28-23(16)34(20-7-5-12-27-14-20)25(36)19-10-8-18(9-11-19)21-15-29-33(3)22(21)24-30-31-32-35(24)17(2)39-26(37)38/h4,6,8-11,13,15,17,20,27H,5,7,12,14H2,1-3H3,(H,37,38)/t17-,20-/m1/s1. The molecule has 202 valence electrons. The van der Waals surface area contributed by atoms with Crippen molar-refractivity contribution in [3.63, 3.8) is 0 Å². The van der Waals surface area contributed by atoms with E-state index in [1.54, 1.807) is 36.3 Å². The molecule has 4 heterocycles. The van der Waals surface area contributed by atoms with Gasteiger partial charge in [-0.2, -0.15) is 9.78 Å². The molecule has 39 heavy (non-hydrogen) atoms. The number of ether oxygens (including phenoxy) is 1. The number of nitrogens with one attached hydrogen (secondary N) is 1. The molecule has 0 radical (unpaired) electrons. The van der Waals surface area contributed by atoms with Crippen molar-refractivity contribution < 1.29 is 19.4 Å². The van der Waals surface area contributed by atoms with Crippen LogP contribution in [-0.2, 0) is 11.8 Å². The van der Waals surface area contributed by atoms with Crippen molar-refractivity contribution in [3.8, 4) is 22.6 Å². The van der Waals surface area contributed by atoms with Crippen LogP contribution in [-0.4, -0.2) is 71.3 Å². The highest BCUT2D eigenvalue weighted by Crippen LogP contribution is 2.32. The Morgan fingerprint density at radius 2 is 2.03 bits per heavy atom. The molecule has 0 bridgehead atoms. The summed E-state index contributed by atoms with van der Waals surface area (Å²) in [7, 11) is 1.74. The zero-order valence-electron chi connectivity index (χ0n) is 21.9. The lowest BCUT2D eigenvalue weighted by atomic mass is 10.0. The minimum atomic E-state index is -1.44. The minimum Gasteiger partial charge on any atom is -0.450 e. The summed E-state index contributed by atoms with van der Waals surface area (Å²) in [6.07, 6.45) is 2.87. The van der Waals surface area contributed by atoms with Gasteiger partial charge in [-0.05, 0) is 73.0 Å². The molecule has 3 aromatic heterocycles. The predicted octanol–water partition coefficient (Wildman–Crippen LogP) is 3.06. The zero-order valence-corrected chi connectivity index (χ0v) is 21.9. The molecule has 0 spiro atoms. The maximum Gasteiger partial charge on any atom is 0.507 e. The largest absolute Gasteiger partial charge is 0.507 e. The summed E-state index contributed by atoms with van der Waals surface area (Å²) in [5.74, 6) is 0.840. The van der Waals surface area contributed by atoms with Gasteiger partial charge in [-0.1, -0.05) is 18.2 Å². The molecule has 1 fully saturated rings. The number of carbonyl (C=O) groups excluding carboxylic acids is 1. The lowest BCUT2D eigenvalue weighted by molar-refractivity contribution is 0.0219. The molecule has 1 saturated heterocycles. The van der Waals surface area contributed by atoms with E-state index in [9.17, 15) is 9.59 Å². The fourth-order valence-corrected chi connectivity index (χ4v) is 4.85. The summed E-state index contributed by atoms with van der Waals surface area (Å²) in [6.45, 7) is 5.13. The number of carboxylic acid groups (broad SMARTS) is 1. The molecule has 5 rings (SSSR count). The number of benzene rings is 1. The molecule has 1 aliphatic rings. The third-order valence-electron chi connectivity index (χ3n) is 6.77. The Labute approximate surface area is 224 Å². The Bertz CT molecular complexity index is 1470. The van der Waals surface area contributed by atoms with Crippen molar-refractivity contribution in [1.29, 1.82) is 0 Å². The molecule has 0 saturated carbocycles. The first-order chi connectivity index (χ1) is 18.8. The summed E-state index contributed by atoms with van der Waals surface area (Å²) in [6, 6.07) is 11.1. The van der Waals surface area contributed by atoms with Crippen molar-refractivity contribution in [1.82, 2.24) is 40.3 Å². The van der Waals surface area contributed by atoms with Crippen LogP contribution < -0.4 is 10.2 Å². The van der Waals surface area contributed by atoms with Gasteiger partial charge in [0.15, 0.2) is 6.23 Å². The second kappa shape index (κ2) is 11.0. The Morgan fingerprint density at radius 3 is 2.72 bits per heavy atom. The molecular formula is C26H29N9O4. The number of anilines is 1. The average molecular weight is 532 g/mol. The van der Waals surface area contributed by atoms with E-state index in [1.807, 2.05) is 36.1 Å². The lowest BCUT2D eigenvalue weighted by Crippen LogP contribution is -2.49. The smallest absolute Gasteiger partial charge is 0.450 e. The quantitative estimate of drug-likeness (QED) is 0.340. The number of hydrogen-bond donors (Lipinski definition) is 2. The Hall–Kier alpha value is -4.65. The number of tetrazole rings is 1. The molecule has 1 aromatic carbocycles. The van der Waals surface area contributed by atoms with E-state index < -0.39 is 12.4 Å². The summed E-state index contributed by atoms with van der Waals surface area (Å²) < 4.78 is 7.71. The Morgan fingerprint density at radius 1 is 1.23 bits per heavy atom. The number of rotatable bonds is 7. The summed E-state index contributed by atoms with van der Waals surface area (Å²) >= 11 is 0. The predicted molar refractivity (Wildman–Crippen MR) is 141 cm³/mol. The monoisotopic (exact) mass is 531 g/mol. The van der Waals surface area contributed by atoms with Crippen molar-refractivity contribution in [2.75, 3.05) is 18.0 Å². The number of piperidine rings is 1. The molecule has 13 nitrogen and oxygen atoms in total. The fraction of sp³-hybridized carbons (Fsp3) is 0.346. The van der Waals surface area contributed by atoms with Crippen LogP contribution in [0.1, 0.15) is 41.9 Å². The normalized spacial score (nSPS) is 16.0. The van der Waals surface area contributed by atoms with Crippen LogP contribution in [0, 0.1) is 6.92 Å². The van der Waals surface area contributed by atoms with Gasteiger partial charge < -0.3 is 15.2 Å². The van der Waals surface area contributed by atoms with Gasteiger partial charge in [0, 0.05) is 30.9 Å². The molecule has 4 aromatic rings. The highest BCUT2D eigenvalue weighted by molar-refractivity contribution is 6.06. The van der Waals surface area contributed by atoms with E-state index in [1.165, 1.54) is 11.6 Å². The fourth-order valence-electron chi connectivity index (χ4n) is 4.85. The second-order valence-corrected chi connectivity index (χ2v) is 9.36. The van der Waals surface area contributed by atoms with Crippen LogP contribution in [0.3, 0.4) is 0 Å². The molecule has 2 atom stereocenters. The first-order valence-electron chi connectivity index (χ1n) is 12.6. The lowest BCUT2D eigenvalue weighted by Gasteiger charge is -2.34. The molecular weight excluding hydrogens is 502 g/mol. The van der Waals surface area contributed by atoms with Crippen LogP contribution in [0.2, 0.25) is 0 Å². The highest BCUT2D eigenvalue weighted by Gasteiger charge is 2.30. The van der Waals surface area contributed by atoms with Crippen LogP contribution in [0.25, 0.3) is 22.6 Å². The van der Waals surface area contributed by atoms with Crippen molar-refractivity contribution >= 4 is 17.9 Å². The second-order valence-electron chi connectivity index (χ2n) is 9.36. The number of aryl methyl sites for hydroxylation is 2. The van der Waals surface area contributed by atoms with Crippen LogP contribution in [0.15, 0.2) is 48.8 Å². The van der Waals surface area contributed by atoms with Gasteiger partial charge in [0.2, 0.25) is 5.82 Å². The highest BCUT2D eigenvalue weighted by atomic mass is 16.7. The number of amides is 1. The molecule has 13 heteroatoms. The number of pyridine rings is 1. The van der Waals surface area contributed by atoms with Gasteiger partial charge in [0.05, 0.1) is 12.2 Å². The first-order valence-corrected chi connectivity index (χ1v) is 12.6. The van der Waals surface area contributed by atoms with E-state index in [4.69, 9.17) is 9.84 Å². The Kier molecular flexibility index (Phi) is 7.32. The summed E-state index contributed by atoms with van der Waals surface area (Å²) in [5.41, 5.74) is 3.54. The van der Waals surface area contributed by atoms with Crippen molar-refractivity contribution in [2.45, 2.75) is 39.0 Å². The number of hydrogen-bond acceptors (Lipinski definition) is 9. The van der Waals surface area contributed by atoms with E-state index in [0.29, 0.717) is 35.0 Å². The zero-order chi connectivity index (χ0) is 27.5. The van der Waals surface area contributed by atoms with E-state index >= 15 is 0 Å². The van der Waals surface area contributed by atoms with Crippen LogP contribution >= 0.6 is 0 Å². The molecule has 0 unspecified atom stereocenters. The Balaban J connectivity index is 1.47. The van der Waals surface area contributed by atoms with Gasteiger partial charge in [0.1, 0.15) is 11.5 Å². The average Bonchev–Trinajstić information content (AvgIpc) is 3.56. The van der Waals surface area contributed by atoms with Gasteiger partial charge in [0.25, 0.3) is 5.91 Å². The molecule has 1 aliphatic heterocycles. The van der Waals surface area contributed by atoms with E-state index in [2.05, 4.69) is 30.9 Å². The minimum absolute atomic E-state index is 0.00155. The van der Waals surface area contributed by atoms with Gasteiger partial charge in [-0.25, -0.2) is 9.78 Å². The third-order valence-corrected chi connectivity index (χ3v) is 6.77. The molecule has 0 aliphatic carbocycles. The van der Waals surface area contributed by atoms with Gasteiger partial charge in [-0.15, -0.1) is 5.10 Å². The summed E-state index contributed by atoms with van der Waals surface area (Å²) in [5, 5.41) is 28.5. The molecule has 1 amide bonds. The molecule has 2 N–H and O–H groups in total. The maximum atomic E-state index is 13.9. The van der Waals surface area contributed by atoms with Crippen molar-refractivity contribution in [3.05, 3.63) is 59.9 Å². The van der Waals surface area contributed by atoms with Crippen molar-refractivity contribution in [2.24, 2.45) is 7.05 Å². The van der Waals surface area contributed by atoms with E-state index in [0.717, 1.165) is 30.5 Å². The summed E-state index contributed by atoms with van der Waals surface area (Å²) in [4.78, 5) is 31.3. The van der Waals surface area contributed by atoms with Crippen LogP contribution in [0.5, 0.6) is 0 Å². The van der Waals surface area contributed by atoms with Crippen LogP contribution in [0.4, 0.5) is 10.6 Å². The maximum absolute atomic E-state index is 13.9. The number of nitrogens with zero attached hydrogens (tertiary/aromatic N) is 8.